The Morgan fingerprint density at radius 1 is 1.03 bits per heavy atom. The molecular weight excluding hydrogens is 408 g/mol. The van der Waals surface area contributed by atoms with Crippen LogP contribution >= 0.6 is 0 Å². The molecule has 0 bridgehead atoms. The van der Waals surface area contributed by atoms with Gasteiger partial charge in [-0.25, -0.2) is 9.48 Å². The van der Waals surface area contributed by atoms with E-state index in [0.717, 1.165) is 22.6 Å². The van der Waals surface area contributed by atoms with E-state index in [1.54, 1.807) is 23.9 Å². The molecule has 2 atom stereocenters. The molecule has 162 valence electrons. The summed E-state index contributed by atoms with van der Waals surface area (Å²) in [6.07, 6.45) is 2.58. The second-order valence-corrected chi connectivity index (χ2v) is 7.86. The van der Waals surface area contributed by atoms with Gasteiger partial charge in [0.2, 0.25) is 5.95 Å². The minimum atomic E-state index is -0.403. The van der Waals surface area contributed by atoms with E-state index in [4.69, 9.17) is 9.47 Å². The van der Waals surface area contributed by atoms with Gasteiger partial charge < -0.3 is 14.8 Å². The first-order valence-electron chi connectivity index (χ1n) is 10.3. The molecule has 0 fully saturated rings. The number of fused-ring (bicyclic) bond motifs is 1. The zero-order chi connectivity index (χ0) is 22.2. The van der Waals surface area contributed by atoms with Gasteiger partial charge in [-0.2, -0.15) is 10.1 Å². The zero-order valence-electron chi connectivity index (χ0n) is 17.7. The number of rotatable bonds is 4. The maximum Gasteiger partial charge on any atom is 0.337 e. The molecule has 1 N–H and O–H groups in total. The van der Waals surface area contributed by atoms with Gasteiger partial charge in [0.1, 0.15) is 18.1 Å². The van der Waals surface area contributed by atoms with E-state index >= 15 is 0 Å². The summed E-state index contributed by atoms with van der Waals surface area (Å²) < 4.78 is 11.8. The molecule has 0 saturated heterocycles. The molecule has 5 rings (SSSR count). The molecule has 0 unspecified atom stereocenters. The third kappa shape index (κ3) is 3.33. The van der Waals surface area contributed by atoms with Crippen molar-refractivity contribution in [3.63, 3.8) is 0 Å². The van der Waals surface area contributed by atoms with Gasteiger partial charge in [0, 0.05) is 17.7 Å². The quantitative estimate of drug-likeness (QED) is 0.633. The lowest BCUT2D eigenvalue weighted by Gasteiger charge is -2.35. The summed E-state index contributed by atoms with van der Waals surface area (Å²) in [6, 6.07) is 14.5. The fourth-order valence-electron chi connectivity index (χ4n) is 4.49. The molecule has 8 heteroatoms. The van der Waals surface area contributed by atoms with Gasteiger partial charge >= 0.3 is 5.97 Å². The van der Waals surface area contributed by atoms with Crippen LogP contribution in [-0.2, 0) is 9.53 Å². The summed E-state index contributed by atoms with van der Waals surface area (Å²) in [4.78, 5) is 29.6. The first-order chi connectivity index (χ1) is 15.6. The van der Waals surface area contributed by atoms with Crippen LogP contribution in [0.25, 0.3) is 0 Å². The molecule has 0 amide bonds. The number of anilines is 1. The molecule has 0 saturated carbocycles. The molecule has 1 aromatic heterocycles. The number of carbonyl (C=O) groups is 2. The predicted molar refractivity (Wildman–Crippen MR) is 117 cm³/mol. The summed E-state index contributed by atoms with van der Waals surface area (Å²) in [7, 11) is 2.98. The van der Waals surface area contributed by atoms with Crippen LogP contribution in [-0.4, -0.2) is 40.7 Å². The molecule has 1 aliphatic heterocycles. The van der Waals surface area contributed by atoms with Crippen LogP contribution in [0.3, 0.4) is 0 Å². The van der Waals surface area contributed by atoms with E-state index in [2.05, 4.69) is 15.4 Å². The lowest BCUT2D eigenvalue weighted by atomic mass is 9.78. The number of ether oxygens (including phenoxy) is 2. The van der Waals surface area contributed by atoms with Crippen LogP contribution in [0.5, 0.6) is 5.75 Å². The summed E-state index contributed by atoms with van der Waals surface area (Å²) >= 11 is 0. The second-order valence-electron chi connectivity index (χ2n) is 7.86. The molecule has 32 heavy (non-hydrogen) atoms. The molecular formula is C24H22N4O4. The van der Waals surface area contributed by atoms with E-state index in [9.17, 15) is 9.59 Å². The zero-order valence-corrected chi connectivity index (χ0v) is 17.7. The Hall–Kier alpha value is -3.94. The number of nitrogens with one attached hydrogen (secondary N) is 1. The van der Waals surface area contributed by atoms with Gasteiger partial charge in [-0.05, 0) is 47.7 Å². The van der Waals surface area contributed by atoms with Gasteiger partial charge in [0.25, 0.3) is 0 Å². The van der Waals surface area contributed by atoms with E-state index < -0.39 is 12.0 Å². The molecule has 2 aromatic carbocycles. The van der Waals surface area contributed by atoms with Crippen LogP contribution in [0.2, 0.25) is 0 Å². The fraction of sp³-hybridized carbons (Fsp3) is 0.250. The number of esters is 1. The highest BCUT2D eigenvalue weighted by molar-refractivity contribution is 6.00. The SMILES string of the molecule is COC(=O)c1ccc([C@H]2C3=C(C[C@H](c4ccc(OC)cc4)CC3=O)Nc3ncnn32)cc1. The Morgan fingerprint density at radius 3 is 2.44 bits per heavy atom. The highest BCUT2D eigenvalue weighted by atomic mass is 16.5. The molecule has 0 spiro atoms. The highest BCUT2D eigenvalue weighted by Gasteiger charge is 2.39. The van der Waals surface area contributed by atoms with E-state index in [1.165, 1.54) is 13.4 Å². The van der Waals surface area contributed by atoms with Gasteiger partial charge in [0.15, 0.2) is 5.78 Å². The van der Waals surface area contributed by atoms with Gasteiger partial charge in [-0.15, -0.1) is 0 Å². The van der Waals surface area contributed by atoms with Gasteiger partial charge in [0.05, 0.1) is 19.8 Å². The Morgan fingerprint density at radius 2 is 1.75 bits per heavy atom. The standard InChI is InChI=1S/C24H22N4O4/c1-31-18-9-7-14(8-10-18)17-11-19-21(20(29)12-17)22(28-24(27-19)25-13-26-28)15-3-5-16(6-4-15)23(30)32-2/h3-10,13,17,22H,11-12H2,1-2H3,(H,25,26,27)/t17-,22-/m0/s1. The number of aromatic nitrogens is 3. The highest BCUT2D eigenvalue weighted by Crippen LogP contribution is 2.43. The maximum absolute atomic E-state index is 13.4. The number of hydrogen-bond donors (Lipinski definition) is 1. The van der Waals surface area contributed by atoms with E-state index in [-0.39, 0.29) is 11.7 Å². The average molecular weight is 430 g/mol. The van der Waals surface area contributed by atoms with Crippen molar-refractivity contribution in [2.75, 3.05) is 19.5 Å². The Bertz CT molecular complexity index is 1210. The van der Waals surface area contributed by atoms with E-state index in [1.807, 2.05) is 36.4 Å². The molecule has 3 aromatic rings. The first kappa shape index (κ1) is 20.0. The normalized spacial score (nSPS) is 19.6. The number of hydrogen-bond acceptors (Lipinski definition) is 7. The van der Waals surface area contributed by atoms with Crippen LogP contribution in [0, 0.1) is 0 Å². The number of methoxy groups -OCH3 is 2. The summed E-state index contributed by atoms with van der Waals surface area (Å²) in [5, 5.41) is 7.68. The van der Waals surface area contributed by atoms with Crippen LogP contribution in [0.4, 0.5) is 5.95 Å². The smallest absolute Gasteiger partial charge is 0.337 e. The Labute approximate surface area is 184 Å². The first-order valence-corrected chi connectivity index (χ1v) is 10.3. The largest absolute Gasteiger partial charge is 0.497 e. The van der Waals surface area contributed by atoms with Crippen LogP contribution < -0.4 is 10.1 Å². The molecule has 2 heterocycles. The van der Waals surface area contributed by atoms with Gasteiger partial charge in [-0.3, -0.25) is 4.79 Å². The molecule has 0 radical (unpaired) electrons. The maximum atomic E-state index is 13.4. The third-order valence-electron chi connectivity index (χ3n) is 6.10. The summed E-state index contributed by atoms with van der Waals surface area (Å²) in [5.74, 6) is 1.11. The van der Waals surface area contributed by atoms with Crippen molar-refractivity contribution in [1.29, 1.82) is 0 Å². The monoisotopic (exact) mass is 430 g/mol. The minimum Gasteiger partial charge on any atom is -0.497 e. The number of carbonyl (C=O) groups excluding carboxylic acids is 2. The summed E-state index contributed by atoms with van der Waals surface area (Å²) in [6.45, 7) is 0. The number of Topliss-reactive ketones (excluding diaryl/α,β-unsaturated/α-hetero) is 1. The second kappa shape index (κ2) is 7.96. The van der Waals surface area contributed by atoms with Crippen molar-refractivity contribution in [2.45, 2.75) is 24.8 Å². The number of allylic oxidation sites excluding steroid dienone is 2. The molecule has 2 aliphatic rings. The van der Waals surface area contributed by atoms with Crippen LogP contribution in [0.15, 0.2) is 66.1 Å². The number of ketones is 1. The Balaban J connectivity index is 1.52. The van der Waals surface area contributed by atoms with Crippen molar-refractivity contribution < 1.29 is 19.1 Å². The van der Waals surface area contributed by atoms with Crippen LogP contribution in [0.1, 0.15) is 46.3 Å². The van der Waals surface area contributed by atoms with Crippen molar-refractivity contribution in [3.05, 3.63) is 82.8 Å². The minimum absolute atomic E-state index is 0.0662. The van der Waals surface area contributed by atoms with Crippen molar-refractivity contribution in [3.8, 4) is 5.75 Å². The lowest BCUT2D eigenvalue weighted by molar-refractivity contribution is -0.116. The predicted octanol–water partition coefficient (Wildman–Crippen LogP) is 3.49. The van der Waals surface area contributed by atoms with Gasteiger partial charge in [-0.1, -0.05) is 24.3 Å². The lowest BCUT2D eigenvalue weighted by Crippen LogP contribution is -2.33. The van der Waals surface area contributed by atoms with E-state index in [0.29, 0.717) is 29.9 Å². The topological polar surface area (TPSA) is 95.3 Å². The van der Waals surface area contributed by atoms with Crippen molar-refractivity contribution in [1.82, 2.24) is 14.8 Å². The van der Waals surface area contributed by atoms with Crippen molar-refractivity contribution in [2.24, 2.45) is 0 Å². The Kier molecular flexibility index (Phi) is 4.97. The number of benzene rings is 2. The number of nitrogens with zero attached hydrogens (tertiary/aromatic N) is 3. The third-order valence-corrected chi connectivity index (χ3v) is 6.10. The van der Waals surface area contributed by atoms with Crippen molar-refractivity contribution >= 4 is 17.7 Å². The average Bonchev–Trinajstić information content (AvgIpc) is 3.30. The summed E-state index contributed by atoms with van der Waals surface area (Å²) in [5.41, 5.74) is 3.96. The molecule has 1 aliphatic carbocycles. The fourth-order valence-corrected chi connectivity index (χ4v) is 4.49. The molecule has 8 nitrogen and oxygen atoms in total.